The molecule has 57 valence electrons. The van der Waals surface area contributed by atoms with E-state index in [1.807, 2.05) is 24.3 Å². The molecule has 0 spiro atoms. The predicted molar refractivity (Wildman–Crippen MR) is 44.0 cm³/mol. The molecule has 0 heterocycles. The maximum Gasteiger partial charge on any atom is 0.0474 e. The monoisotopic (exact) mass is 381 g/mol. The topological polar surface area (TPSA) is 23.8 Å². The Morgan fingerprint density at radius 3 is 1.91 bits per heavy atom. The third kappa shape index (κ3) is 3.90. The largest absolute Gasteiger partial charge is 0.674 e. The van der Waals surface area contributed by atoms with Crippen molar-refractivity contribution in [1.82, 2.24) is 0 Å². The summed E-state index contributed by atoms with van der Waals surface area (Å²) in [6.45, 7) is 0.350. The van der Waals surface area contributed by atoms with Crippen molar-refractivity contribution in [1.29, 1.82) is 0 Å². The zero-order valence-electron chi connectivity index (χ0n) is 6.18. The van der Waals surface area contributed by atoms with Gasteiger partial charge in [0, 0.05) is 49.9 Å². The standard InChI is InChI=1S/C8H9ClN.Ac/c9-5-7-1-3-8(6-10)4-2-7;/h1-4,10H,5-6H2;/q-1;. The average molecular weight is 382 g/mol. The van der Waals surface area contributed by atoms with E-state index in [9.17, 15) is 0 Å². The van der Waals surface area contributed by atoms with Crippen molar-refractivity contribution >= 4 is 11.6 Å². The Hall–Kier alpha value is 0.912. The van der Waals surface area contributed by atoms with E-state index in [4.69, 9.17) is 17.3 Å². The van der Waals surface area contributed by atoms with Crippen LogP contribution in [0.5, 0.6) is 0 Å². The first-order valence-electron chi connectivity index (χ1n) is 3.15. The molecule has 0 aliphatic carbocycles. The molecular weight excluding hydrogens is 373 g/mol. The Morgan fingerprint density at radius 2 is 1.55 bits per heavy atom. The molecule has 3 heteroatoms. The molecule has 0 aliphatic rings. The number of halogens is 1. The van der Waals surface area contributed by atoms with Crippen LogP contribution in [-0.4, -0.2) is 0 Å². The molecule has 0 unspecified atom stereocenters. The van der Waals surface area contributed by atoms with Crippen LogP contribution >= 0.6 is 11.6 Å². The van der Waals surface area contributed by atoms with Gasteiger partial charge < -0.3 is 5.73 Å². The van der Waals surface area contributed by atoms with Crippen LogP contribution in [0.2, 0.25) is 0 Å². The van der Waals surface area contributed by atoms with Crippen LogP contribution in [0, 0.1) is 44.1 Å². The van der Waals surface area contributed by atoms with E-state index < -0.39 is 0 Å². The van der Waals surface area contributed by atoms with E-state index in [0.717, 1.165) is 11.1 Å². The number of hydrogen-bond donors (Lipinski definition) is 0. The molecule has 0 atom stereocenters. The third-order valence-electron chi connectivity index (χ3n) is 1.38. The molecule has 0 bridgehead atoms. The molecule has 1 rings (SSSR count). The molecule has 11 heavy (non-hydrogen) atoms. The summed E-state index contributed by atoms with van der Waals surface area (Å²) >= 11 is 5.58. The average Bonchev–Trinajstić information content (AvgIpc) is 2.05. The third-order valence-corrected chi connectivity index (χ3v) is 1.69. The summed E-state index contributed by atoms with van der Waals surface area (Å²) in [4.78, 5) is 0. The van der Waals surface area contributed by atoms with Gasteiger partial charge in [-0.25, -0.2) is 0 Å². The fourth-order valence-corrected chi connectivity index (χ4v) is 0.924. The van der Waals surface area contributed by atoms with E-state index >= 15 is 0 Å². The maximum absolute atomic E-state index is 7.04. The summed E-state index contributed by atoms with van der Waals surface area (Å²) in [5, 5.41) is 0. The van der Waals surface area contributed by atoms with Gasteiger partial charge in [-0.15, -0.1) is 18.1 Å². The van der Waals surface area contributed by atoms with E-state index in [1.165, 1.54) is 0 Å². The van der Waals surface area contributed by atoms with Crippen LogP contribution in [0.25, 0.3) is 5.73 Å². The predicted octanol–water partition coefficient (Wildman–Crippen LogP) is 2.98. The number of rotatable bonds is 2. The van der Waals surface area contributed by atoms with Gasteiger partial charge in [0.1, 0.15) is 0 Å². The molecule has 0 aliphatic heterocycles. The minimum absolute atomic E-state index is 0. The Bertz CT molecular complexity index is 175. The van der Waals surface area contributed by atoms with Gasteiger partial charge in [-0.3, -0.25) is 0 Å². The Balaban J connectivity index is 0.000001000. The summed E-state index contributed by atoms with van der Waals surface area (Å²) in [5.74, 6) is 0.554. The van der Waals surface area contributed by atoms with Crippen LogP contribution < -0.4 is 0 Å². The molecule has 1 N–H and O–H groups in total. The van der Waals surface area contributed by atoms with Crippen molar-refractivity contribution in [2.24, 2.45) is 0 Å². The normalized spacial score (nSPS) is 8.91. The van der Waals surface area contributed by atoms with E-state index in [2.05, 4.69) is 0 Å². The van der Waals surface area contributed by atoms with Crippen LogP contribution in [-0.2, 0) is 12.4 Å². The summed E-state index contributed by atoms with van der Waals surface area (Å²) < 4.78 is 0. The molecule has 0 aromatic heterocycles. The van der Waals surface area contributed by atoms with Gasteiger partial charge in [0.2, 0.25) is 0 Å². The van der Waals surface area contributed by atoms with E-state index in [-0.39, 0.29) is 44.1 Å². The SMILES string of the molecule is [Ac].[NH-]Cc1ccc(CCl)cc1. The molecule has 1 aromatic carbocycles. The van der Waals surface area contributed by atoms with Crippen LogP contribution in [0.15, 0.2) is 24.3 Å². The second-order valence-electron chi connectivity index (χ2n) is 2.13. The van der Waals surface area contributed by atoms with Gasteiger partial charge in [-0.05, 0) is 5.56 Å². The molecule has 0 amide bonds. The minimum atomic E-state index is 0. The van der Waals surface area contributed by atoms with Crippen LogP contribution in [0.1, 0.15) is 11.1 Å². The molecule has 1 nitrogen and oxygen atoms in total. The van der Waals surface area contributed by atoms with Crippen LogP contribution in [0.4, 0.5) is 0 Å². The molecular formula is C8H9AcClN-. The zero-order valence-corrected chi connectivity index (χ0v) is 11.7. The Morgan fingerprint density at radius 1 is 1.09 bits per heavy atom. The van der Waals surface area contributed by atoms with Crippen molar-refractivity contribution in [2.75, 3.05) is 0 Å². The van der Waals surface area contributed by atoms with Crippen molar-refractivity contribution < 1.29 is 44.1 Å². The van der Waals surface area contributed by atoms with E-state index in [1.54, 1.807) is 0 Å². The smallest absolute Gasteiger partial charge is 0.0474 e. The summed E-state index contributed by atoms with van der Waals surface area (Å²) in [6, 6.07) is 7.78. The van der Waals surface area contributed by atoms with E-state index in [0.29, 0.717) is 12.4 Å². The van der Waals surface area contributed by atoms with Gasteiger partial charge in [0.15, 0.2) is 0 Å². The first kappa shape index (κ1) is 11.9. The first-order valence-corrected chi connectivity index (χ1v) is 3.68. The summed E-state index contributed by atoms with van der Waals surface area (Å²) in [5.41, 5.74) is 9.18. The second kappa shape index (κ2) is 6.43. The Kier molecular flexibility index (Phi) is 6.96. The summed E-state index contributed by atoms with van der Waals surface area (Å²) in [7, 11) is 0. The molecule has 0 saturated heterocycles. The molecule has 0 saturated carbocycles. The van der Waals surface area contributed by atoms with Gasteiger partial charge in [0.25, 0.3) is 0 Å². The van der Waals surface area contributed by atoms with Crippen molar-refractivity contribution in [3.63, 3.8) is 0 Å². The maximum atomic E-state index is 7.04. The molecule has 0 fully saturated rings. The van der Waals surface area contributed by atoms with Gasteiger partial charge in [0.05, 0.1) is 0 Å². The fourth-order valence-electron chi connectivity index (χ4n) is 0.746. The van der Waals surface area contributed by atoms with Gasteiger partial charge in [-0.2, -0.15) is 0 Å². The first-order chi connectivity index (χ1) is 4.86. The Labute approximate surface area is 108 Å². The molecule has 1 aromatic rings. The number of benzene rings is 1. The number of nitrogens with one attached hydrogen (secondary N) is 1. The minimum Gasteiger partial charge on any atom is -0.674 e. The fraction of sp³-hybridized carbons (Fsp3) is 0.250. The summed E-state index contributed by atoms with van der Waals surface area (Å²) in [6.07, 6.45) is 0. The van der Waals surface area contributed by atoms with Gasteiger partial charge >= 0.3 is 0 Å². The van der Waals surface area contributed by atoms with Crippen molar-refractivity contribution in [3.05, 3.63) is 41.1 Å². The number of hydrogen-bond acceptors (Lipinski definition) is 0. The quantitative estimate of drug-likeness (QED) is 0.704. The van der Waals surface area contributed by atoms with Crippen molar-refractivity contribution in [3.8, 4) is 0 Å². The number of alkyl halides is 1. The zero-order chi connectivity index (χ0) is 7.40. The second-order valence-corrected chi connectivity index (χ2v) is 2.39. The van der Waals surface area contributed by atoms with Gasteiger partial charge in [-0.1, -0.05) is 29.8 Å². The van der Waals surface area contributed by atoms with Crippen molar-refractivity contribution in [2.45, 2.75) is 12.4 Å². The molecule has 1 radical (unpaired) electrons. The van der Waals surface area contributed by atoms with Crippen LogP contribution in [0.3, 0.4) is 0 Å².